The average Bonchev–Trinajstić information content (AvgIpc) is 3.06. The summed E-state index contributed by atoms with van der Waals surface area (Å²) < 4.78 is 8.33. The summed E-state index contributed by atoms with van der Waals surface area (Å²) in [5.41, 5.74) is 4.23. The fourth-order valence-corrected chi connectivity index (χ4v) is 3.49. The van der Waals surface area contributed by atoms with Crippen molar-refractivity contribution in [2.24, 2.45) is 0 Å². The van der Waals surface area contributed by atoms with Gasteiger partial charge in [-0.2, -0.15) is 5.10 Å². The van der Waals surface area contributed by atoms with Gasteiger partial charge in [0.25, 0.3) is 0 Å². The summed E-state index contributed by atoms with van der Waals surface area (Å²) in [5, 5.41) is 14.9. The zero-order chi connectivity index (χ0) is 21.7. The highest BCUT2D eigenvalue weighted by atomic mass is 16.5. The second-order valence-corrected chi connectivity index (χ2v) is 8.12. The van der Waals surface area contributed by atoms with E-state index in [1.807, 2.05) is 66.2 Å². The van der Waals surface area contributed by atoms with Crippen molar-refractivity contribution < 1.29 is 9.84 Å². The highest BCUT2D eigenvalue weighted by Crippen LogP contribution is 2.32. The van der Waals surface area contributed by atoms with Crippen LogP contribution < -0.4 is 4.74 Å². The SMILES string of the molecule is CCc1nn(-c2ccccc2)c(Oc2ccc(C)cc2)c1CN(C[C@@H](C)O)C(C)C. The molecule has 0 spiro atoms. The lowest BCUT2D eigenvalue weighted by molar-refractivity contribution is 0.102. The molecule has 1 aromatic heterocycles. The van der Waals surface area contributed by atoms with Crippen LogP contribution in [0.1, 0.15) is 44.5 Å². The Kier molecular flexibility index (Phi) is 7.29. The van der Waals surface area contributed by atoms with Gasteiger partial charge in [-0.05, 0) is 58.4 Å². The summed E-state index contributed by atoms with van der Waals surface area (Å²) in [4.78, 5) is 2.26. The normalized spacial score (nSPS) is 12.5. The Balaban J connectivity index is 2.08. The number of para-hydroxylation sites is 1. The van der Waals surface area contributed by atoms with Crippen molar-refractivity contribution in [1.82, 2.24) is 14.7 Å². The Morgan fingerprint density at radius 1 is 1.03 bits per heavy atom. The third-order valence-corrected chi connectivity index (χ3v) is 5.18. The first kappa shape index (κ1) is 22.1. The second kappa shape index (κ2) is 9.92. The van der Waals surface area contributed by atoms with Crippen molar-refractivity contribution in [3.63, 3.8) is 0 Å². The molecule has 0 fully saturated rings. The van der Waals surface area contributed by atoms with E-state index in [2.05, 4.69) is 32.6 Å². The van der Waals surface area contributed by atoms with Gasteiger partial charge in [-0.15, -0.1) is 0 Å². The van der Waals surface area contributed by atoms with E-state index in [1.54, 1.807) is 0 Å². The molecule has 0 bridgehead atoms. The highest BCUT2D eigenvalue weighted by Gasteiger charge is 2.24. The molecule has 1 N–H and O–H groups in total. The smallest absolute Gasteiger partial charge is 0.227 e. The highest BCUT2D eigenvalue weighted by molar-refractivity contribution is 5.44. The number of rotatable bonds is 9. The summed E-state index contributed by atoms with van der Waals surface area (Å²) in [7, 11) is 0. The number of aromatic nitrogens is 2. The molecule has 0 saturated heterocycles. The summed E-state index contributed by atoms with van der Waals surface area (Å²) in [5.74, 6) is 1.52. The first-order valence-electron chi connectivity index (χ1n) is 10.7. The summed E-state index contributed by atoms with van der Waals surface area (Å²) in [6.07, 6.45) is 0.406. The van der Waals surface area contributed by atoms with E-state index in [4.69, 9.17) is 9.84 Å². The monoisotopic (exact) mass is 407 g/mol. The Morgan fingerprint density at radius 2 is 1.70 bits per heavy atom. The lowest BCUT2D eigenvalue weighted by Crippen LogP contribution is -2.36. The van der Waals surface area contributed by atoms with Gasteiger partial charge in [0, 0.05) is 19.1 Å². The number of aryl methyl sites for hydroxylation is 2. The molecule has 160 valence electrons. The summed E-state index contributed by atoms with van der Waals surface area (Å²) in [6.45, 7) is 11.6. The Labute approximate surface area is 179 Å². The Morgan fingerprint density at radius 3 is 2.27 bits per heavy atom. The van der Waals surface area contributed by atoms with Crippen LogP contribution in [0.25, 0.3) is 5.69 Å². The zero-order valence-corrected chi connectivity index (χ0v) is 18.7. The topological polar surface area (TPSA) is 50.5 Å². The number of hydrogen-bond acceptors (Lipinski definition) is 4. The molecule has 0 saturated carbocycles. The second-order valence-electron chi connectivity index (χ2n) is 8.12. The van der Waals surface area contributed by atoms with Crippen molar-refractivity contribution in [2.75, 3.05) is 6.54 Å². The van der Waals surface area contributed by atoms with Crippen LogP contribution in [0.15, 0.2) is 54.6 Å². The molecule has 30 heavy (non-hydrogen) atoms. The fraction of sp³-hybridized carbons (Fsp3) is 0.400. The fourth-order valence-electron chi connectivity index (χ4n) is 3.49. The summed E-state index contributed by atoms with van der Waals surface area (Å²) in [6, 6.07) is 18.4. The van der Waals surface area contributed by atoms with E-state index in [1.165, 1.54) is 5.56 Å². The Hall–Kier alpha value is -2.63. The average molecular weight is 408 g/mol. The Bertz CT molecular complexity index is 931. The molecular weight excluding hydrogens is 374 g/mol. The molecule has 0 radical (unpaired) electrons. The maximum atomic E-state index is 10.00. The predicted octanol–water partition coefficient (Wildman–Crippen LogP) is 5.13. The van der Waals surface area contributed by atoms with E-state index in [9.17, 15) is 5.11 Å². The number of aliphatic hydroxyl groups is 1. The van der Waals surface area contributed by atoms with E-state index >= 15 is 0 Å². The maximum Gasteiger partial charge on any atom is 0.227 e. The lowest BCUT2D eigenvalue weighted by Gasteiger charge is -2.28. The van der Waals surface area contributed by atoms with Crippen LogP contribution in [0, 0.1) is 6.92 Å². The molecule has 5 nitrogen and oxygen atoms in total. The van der Waals surface area contributed by atoms with E-state index in [-0.39, 0.29) is 6.04 Å². The molecule has 3 aromatic rings. The number of hydrogen-bond donors (Lipinski definition) is 1. The van der Waals surface area contributed by atoms with Crippen LogP contribution in [0.4, 0.5) is 0 Å². The van der Waals surface area contributed by atoms with Crippen LogP contribution >= 0.6 is 0 Å². The van der Waals surface area contributed by atoms with Crippen LogP contribution in [-0.4, -0.2) is 38.5 Å². The number of aliphatic hydroxyl groups excluding tert-OH is 1. The number of ether oxygens (including phenoxy) is 1. The zero-order valence-electron chi connectivity index (χ0n) is 18.7. The van der Waals surface area contributed by atoms with Crippen LogP contribution in [0.3, 0.4) is 0 Å². The van der Waals surface area contributed by atoms with Gasteiger partial charge in [0.2, 0.25) is 5.88 Å². The largest absolute Gasteiger partial charge is 0.439 e. The van der Waals surface area contributed by atoms with Gasteiger partial charge in [-0.25, -0.2) is 4.68 Å². The molecule has 0 aliphatic heterocycles. The van der Waals surface area contributed by atoms with Crippen LogP contribution in [0.2, 0.25) is 0 Å². The van der Waals surface area contributed by atoms with Crippen LogP contribution in [-0.2, 0) is 13.0 Å². The van der Waals surface area contributed by atoms with E-state index in [0.29, 0.717) is 13.1 Å². The number of nitrogens with zero attached hydrogens (tertiary/aromatic N) is 3. The van der Waals surface area contributed by atoms with Gasteiger partial charge >= 0.3 is 0 Å². The summed E-state index contributed by atoms with van der Waals surface area (Å²) >= 11 is 0. The van der Waals surface area contributed by atoms with E-state index in [0.717, 1.165) is 35.0 Å². The minimum Gasteiger partial charge on any atom is -0.439 e. The van der Waals surface area contributed by atoms with Crippen molar-refractivity contribution in [3.8, 4) is 17.3 Å². The molecular formula is C25H33N3O2. The standard InChI is InChI=1S/C25H33N3O2/c1-6-24-23(17-27(18(2)3)16-20(5)29)25(30-22-14-12-19(4)13-15-22)28(26-24)21-10-8-7-9-11-21/h7-15,18,20,29H,6,16-17H2,1-5H3/t20-/m1/s1. The van der Waals surface area contributed by atoms with Crippen molar-refractivity contribution in [3.05, 3.63) is 71.4 Å². The molecule has 0 amide bonds. The maximum absolute atomic E-state index is 10.00. The van der Waals surface area contributed by atoms with Gasteiger partial charge < -0.3 is 9.84 Å². The van der Waals surface area contributed by atoms with Gasteiger partial charge in [-0.1, -0.05) is 42.8 Å². The van der Waals surface area contributed by atoms with Crippen LogP contribution in [0.5, 0.6) is 11.6 Å². The molecule has 0 unspecified atom stereocenters. The third kappa shape index (κ3) is 5.29. The molecule has 0 aliphatic carbocycles. The van der Waals surface area contributed by atoms with Gasteiger partial charge in [-0.3, -0.25) is 4.90 Å². The molecule has 5 heteroatoms. The minimum atomic E-state index is -0.400. The van der Waals surface area contributed by atoms with Crippen molar-refractivity contribution in [2.45, 2.75) is 59.7 Å². The van der Waals surface area contributed by atoms with Gasteiger partial charge in [0.15, 0.2) is 0 Å². The predicted molar refractivity (Wildman–Crippen MR) is 121 cm³/mol. The number of benzene rings is 2. The third-order valence-electron chi connectivity index (χ3n) is 5.18. The molecule has 3 rings (SSSR count). The van der Waals surface area contributed by atoms with Crippen molar-refractivity contribution >= 4 is 0 Å². The minimum absolute atomic E-state index is 0.289. The molecule has 1 atom stereocenters. The lowest BCUT2D eigenvalue weighted by atomic mass is 10.1. The molecule has 1 heterocycles. The molecule has 2 aromatic carbocycles. The first-order chi connectivity index (χ1) is 14.4. The van der Waals surface area contributed by atoms with Gasteiger partial charge in [0.05, 0.1) is 23.0 Å². The molecule has 0 aliphatic rings. The van der Waals surface area contributed by atoms with Crippen molar-refractivity contribution in [1.29, 1.82) is 0 Å². The van der Waals surface area contributed by atoms with E-state index < -0.39 is 6.10 Å². The quantitative estimate of drug-likeness (QED) is 0.534. The van der Waals surface area contributed by atoms with Gasteiger partial charge in [0.1, 0.15) is 5.75 Å². The first-order valence-corrected chi connectivity index (χ1v) is 10.7.